The standard InChI is InChI=1S/C12H14ClN3O5/c13-6-11(18)14-3-4-15-12(19)8-1-2-9(7-17)10(5-8)16(20)21/h1-2,5,17H,3-4,6-7H2,(H,14,18)(H,15,19). The fraction of sp³-hybridized carbons (Fsp3) is 0.333. The molecule has 0 unspecified atom stereocenters. The number of nitro benzene ring substituents is 1. The van der Waals surface area contributed by atoms with Gasteiger partial charge in [0.05, 0.1) is 17.1 Å². The summed E-state index contributed by atoms with van der Waals surface area (Å²) in [6, 6.07) is 3.80. The molecule has 0 radical (unpaired) electrons. The molecule has 1 aromatic rings. The first-order chi connectivity index (χ1) is 9.99. The Balaban J connectivity index is 2.64. The number of amides is 2. The highest BCUT2D eigenvalue weighted by Crippen LogP contribution is 2.20. The lowest BCUT2D eigenvalue weighted by molar-refractivity contribution is -0.385. The van der Waals surface area contributed by atoms with Gasteiger partial charge in [0.25, 0.3) is 11.6 Å². The molecule has 0 atom stereocenters. The van der Waals surface area contributed by atoms with E-state index in [2.05, 4.69) is 10.6 Å². The van der Waals surface area contributed by atoms with Gasteiger partial charge in [0.15, 0.2) is 0 Å². The van der Waals surface area contributed by atoms with Gasteiger partial charge in [0.1, 0.15) is 5.88 Å². The number of carbonyl (C=O) groups excluding carboxylic acids is 2. The second-order valence-electron chi connectivity index (χ2n) is 4.00. The van der Waals surface area contributed by atoms with Crippen molar-refractivity contribution in [2.24, 2.45) is 0 Å². The zero-order valence-electron chi connectivity index (χ0n) is 11.0. The van der Waals surface area contributed by atoms with E-state index in [0.717, 1.165) is 6.07 Å². The topological polar surface area (TPSA) is 122 Å². The number of halogens is 1. The Hall–Kier alpha value is -2.19. The normalized spacial score (nSPS) is 10.0. The lowest BCUT2D eigenvalue weighted by Crippen LogP contribution is -2.35. The summed E-state index contributed by atoms with van der Waals surface area (Å²) >= 11 is 5.28. The molecule has 1 rings (SSSR count). The van der Waals surface area contributed by atoms with Crippen LogP contribution in [0, 0.1) is 10.1 Å². The van der Waals surface area contributed by atoms with E-state index in [1.54, 1.807) is 0 Å². The predicted octanol–water partition coefficient (Wildman–Crippen LogP) is 0.172. The number of aliphatic hydroxyl groups excluding tert-OH is 1. The minimum atomic E-state index is -0.664. The van der Waals surface area contributed by atoms with E-state index < -0.39 is 17.4 Å². The first-order valence-corrected chi connectivity index (χ1v) is 6.52. The Morgan fingerprint density at radius 2 is 1.95 bits per heavy atom. The van der Waals surface area contributed by atoms with Crippen LogP contribution in [0.2, 0.25) is 0 Å². The third-order valence-corrected chi connectivity index (χ3v) is 2.81. The summed E-state index contributed by atoms with van der Waals surface area (Å²) in [5, 5.41) is 24.8. The summed E-state index contributed by atoms with van der Waals surface area (Å²) in [7, 11) is 0. The molecule has 0 saturated heterocycles. The minimum Gasteiger partial charge on any atom is -0.391 e. The fourth-order valence-electron chi connectivity index (χ4n) is 1.54. The number of carbonyl (C=O) groups is 2. The second kappa shape index (κ2) is 8.18. The summed E-state index contributed by atoms with van der Waals surface area (Å²) in [6.45, 7) is -0.117. The van der Waals surface area contributed by atoms with Crippen molar-refractivity contribution in [3.05, 3.63) is 39.4 Å². The summed E-state index contributed by atoms with van der Waals surface area (Å²) < 4.78 is 0. The van der Waals surface area contributed by atoms with Crippen LogP contribution in [-0.2, 0) is 11.4 Å². The molecular formula is C12H14ClN3O5. The van der Waals surface area contributed by atoms with Crippen LogP contribution in [0.3, 0.4) is 0 Å². The van der Waals surface area contributed by atoms with Crippen molar-refractivity contribution >= 4 is 29.1 Å². The summed E-state index contributed by atoms with van der Waals surface area (Å²) in [6.07, 6.45) is 0. The van der Waals surface area contributed by atoms with Crippen molar-refractivity contribution in [2.45, 2.75) is 6.61 Å². The molecule has 2 amide bonds. The van der Waals surface area contributed by atoms with Gasteiger partial charge < -0.3 is 15.7 Å². The molecular weight excluding hydrogens is 302 g/mol. The van der Waals surface area contributed by atoms with E-state index in [9.17, 15) is 19.7 Å². The first kappa shape index (κ1) is 16.9. The SMILES string of the molecule is O=C(CCl)NCCNC(=O)c1ccc(CO)c([N+](=O)[O-])c1. The third-order valence-electron chi connectivity index (χ3n) is 2.57. The van der Waals surface area contributed by atoms with Crippen LogP contribution >= 0.6 is 11.6 Å². The number of rotatable bonds is 7. The summed E-state index contributed by atoms with van der Waals surface area (Å²) in [5.41, 5.74) is -0.0888. The molecule has 3 N–H and O–H groups in total. The number of nitro groups is 1. The number of aliphatic hydroxyl groups is 1. The molecule has 0 spiro atoms. The molecule has 9 heteroatoms. The van der Waals surface area contributed by atoms with Gasteiger partial charge in [-0.1, -0.05) is 0 Å². The molecule has 21 heavy (non-hydrogen) atoms. The summed E-state index contributed by atoms with van der Waals surface area (Å²) in [4.78, 5) is 32.8. The van der Waals surface area contributed by atoms with Crippen LogP contribution in [0.25, 0.3) is 0 Å². The van der Waals surface area contributed by atoms with Crippen molar-refractivity contribution in [1.82, 2.24) is 10.6 Å². The maximum atomic E-state index is 11.8. The van der Waals surface area contributed by atoms with E-state index in [1.165, 1.54) is 12.1 Å². The predicted molar refractivity (Wildman–Crippen MR) is 75.1 cm³/mol. The van der Waals surface area contributed by atoms with Gasteiger partial charge in [-0.05, 0) is 12.1 Å². The van der Waals surface area contributed by atoms with Gasteiger partial charge in [-0.15, -0.1) is 11.6 Å². The van der Waals surface area contributed by atoms with Crippen LogP contribution in [-0.4, -0.2) is 40.8 Å². The lowest BCUT2D eigenvalue weighted by Gasteiger charge is -2.07. The van der Waals surface area contributed by atoms with Crippen LogP contribution in [0.4, 0.5) is 5.69 Å². The van der Waals surface area contributed by atoms with Gasteiger partial charge in [0, 0.05) is 24.7 Å². The zero-order chi connectivity index (χ0) is 15.8. The smallest absolute Gasteiger partial charge is 0.275 e. The molecule has 0 fully saturated rings. The van der Waals surface area contributed by atoms with E-state index in [1.807, 2.05) is 0 Å². The van der Waals surface area contributed by atoms with Crippen LogP contribution in [0.1, 0.15) is 15.9 Å². The van der Waals surface area contributed by atoms with Crippen LogP contribution in [0.15, 0.2) is 18.2 Å². The molecule has 0 heterocycles. The quantitative estimate of drug-likeness (QED) is 0.286. The van der Waals surface area contributed by atoms with Crippen molar-refractivity contribution in [1.29, 1.82) is 0 Å². The number of nitrogens with one attached hydrogen (secondary N) is 2. The fourth-order valence-corrected chi connectivity index (χ4v) is 1.63. The van der Waals surface area contributed by atoms with Crippen molar-refractivity contribution in [3.8, 4) is 0 Å². The van der Waals surface area contributed by atoms with Gasteiger partial charge in [-0.25, -0.2) is 0 Å². The number of benzene rings is 1. The van der Waals surface area contributed by atoms with Crippen LogP contribution in [0.5, 0.6) is 0 Å². The maximum Gasteiger partial charge on any atom is 0.275 e. The number of nitrogens with zero attached hydrogens (tertiary/aromatic N) is 1. The second-order valence-corrected chi connectivity index (χ2v) is 4.27. The van der Waals surface area contributed by atoms with Gasteiger partial charge >= 0.3 is 0 Å². The number of hydrogen-bond acceptors (Lipinski definition) is 5. The molecule has 0 bridgehead atoms. The van der Waals surface area contributed by atoms with Gasteiger partial charge in [0.2, 0.25) is 5.91 Å². The summed E-state index contributed by atoms with van der Waals surface area (Å²) in [5.74, 6) is -1.03. The maximum absolute atomic E-state index is 11.8. The number of hydrogen-bond donors (Lipinski definition) is 3. The van der Waals surface area contributed by atoms with Crippen molar-refractivity contribution in [2.75, 3.05) is 19.0 Å². The molecule has 1 aromatic carbocycles. The Kier molecular flexibility index (Phi) is 6.57. The first-order valence-electron chi connectivity index (χ1n) is 5.98. The van der Waals surface area contributed by atoms with E-state index in [0.29, 0.717) is 0 Å². The molecule has 0 aliphatic carbocycles. The Morgan fingerprint density at radius 1 is 1.29 bits per heavy atom. The van der Waals surface area contributed by atoms with Crippen molar-refractivity contribution < 1.29 is 19.6 Å². The molecule has 114 valence electrons. The van der Waals surface area contributed by atoms with E-state index >= 15 is 0 Å². The Bertz CT molecular complexity index is 550. The average Bonchev–Trinajstić information content (AvgIpc) is 2.50. The molecule has 0 aromatic heterocycles. The van der Waals surface area contributed by atoms with Gasteiger partial charge in [-0.2, -0.15) is 0 Å². The average molecular weight is 316 g/mol. The Labute approximate surface area is 125 Å². The molecule has 0 saturated carbocycles. The van der Waals surface area contributed by atoms with E-state index in [-0.39, 0.29) is 41.7 Å². The van der Waals surface area contributed by atoms with Crippen molar-refractivity contribution in [3.63, 3.8) is 0 Å². The third kappa shape index (κ3) is 5.01. The highest BCUT2D eigenvalue weighted by molar-refractivity contribution is 6.27. The molecule has 8 nitrogen and oxygen atoms in total. The lowest BCUT2D eigenvalue weighted by atomic mass is 10.1. The molecule has 0 aliphatic heterocycles. The van der Waals surface area contributed by atoms with Gasteiger partial charge in [-0.3, -0.25) is 19.7 Å². The van der Waals surface area contributed by atoms with E-state index in [4.69, 9.17) is 16.7 Å². The molecule has 0 aliphatic rings. The number of alkyl halides is 1. The van der Waals surface area contributed by atoms with Crippen LogP contribution < -0.4 is 10.6 Å². The highest BCUT2D eigenvalue weighted by Gasteiger charge is 2.16. The Morgan fingerprint density at radius 3 is 2.52 bits per heavy atom. The largest absolute Gasteiger partial charge is 0.391 e. The minimum absolute atomic E-state index is 0.0996. The zero-order valence-corrected chi connectivity index (χ0v) is 11.7. The highest BCUT2D eigenvalue weighted by atomic mass is 35.5. The monoisotopic (exact) mass is 315 g/mol.